The van der Waals surface area contributed by atoms with Crippen LogP contribution in [0.25, 0.3) is 0 Å². The number of likely N-dealkylation sites (tertiary alicyclic amines) is 1. The summed E-state index contributed by atoms with van der Waals surface area (Å²) in [4.78, 5) is 2.35. The van der Waals surface area contributed by atoms with Gasteiger partial charge in [0.05, 0.1) is 0 Å². The van der Waals surface area contributed by atoms with E-state index in [1.165, 1.54) is 25.9 Å². The Morgan fingerprint density at radius 3 is 2.25 bits per heavy atom. The fourth-order valence-corrected chi connectivity index (χ4v) is 1.23. The minimum Gasteiger partial charge on any atom is -0.306 e. The SMILES string of the molecule is CN1CCC(S)CC1. The highest BCUT2D eigenvalue weighted by Crippen LogP contribution is 2.12. The highest BCUT2D eigenvalue weighted by molar-refractivity contribution is 7.80. The van der Waals surface area contributed by atoms with Crippen LogP contribution in [0.1, 0.15) is 12.8 Å². The number of rotatable bonds is 0. The summed E-state index contributed by atoms with van der Waals surface area (Å²) in [6.45, 7) is 2.46. The summed E-state index contributed by atoms with van der Waals surface area (Å²) in [5.74, 6) is 0. The monoisotopic (exact) mass is 131 g/mol. The van der Waals surface area contributed by atoms with Gasteiger partial charge < -0.3 is 4.90 Å². The molecule has 1 rings (SSSR count). The zero-order chi connectivity index (χ0) is 5.98. The van der Waals surface area contributed by atoms with Crippen LogP contribution in [-0.4, -0.2) is 30.3 Å². The summed E-state index contributed by atoms with van der Waals surface area (Å²) >= 11 is 4.38. The Hall–Kier alpha value is 0.310. The molecule has 48 valence electrons. The predicted molar refractivity (Wildman–Crippen MR) is 39.5 cm³/mol. The van der Waals surface area contributed by atoms with Crippen molar-refractivity contribution in [1.29, 1.82) is 0 Å². The molecule has 1 saturated heterocycles. The Labute approximate surface area is 56.5 Å². The van der Waals surface area contributed by atoms with Gasteiger partial charge in [-0.1, -0.05) is 0 Å². The van der Waals surface area contributed by atoms with Crippen LogP contribution >= 0.6 is 12.6 Å². The Morgan fingerprint density at radius 2 is 1.88 bits per heavy atom. The topological polar surface area (TPSA) is 3.24 Å². The molecular formula is C6H13NS. The highest BCUT2D eigenvalue weighted by atomic mass is 32.1. The molecule has 1 aliphatic rings. The number of thiol groups is 1. The van der Waals surface area contributed by atoms with E-state index >= 15 is 0 Å². The van der Waals surface area contributed by atoms with Crippen molar-refractivity contribution in [2.75, 3.05) is 20.1 Å². The first kappa shape index (κ1) is 6.43. The molecule has 0 aliphatic carbocycles. The third-order valence-electron chi connectivity index (χ3n) is 1.69. The van der Waals surface area contributed by atoms with Crippen molar-refractivity contribution in [3.05, 3.63) is 0 Å². The maximum absolute atomic E-state index is 4.38. The predicted octanol–water partition coefficient (Wildman–Crippen LogP) is 1.01. The second-order valence-corrected chi connectivity index (χ2v) is 3.26. The fraction of sp³-hybridized carbons (Fsp3) is 1.00. The number of nitrogens with zero attached hydrogens (tertiary/aromatic N) is 1. The van der Waals surface area contributed by atoms with E-state index in [4.69, 9.17) is 0 Å². The summed E-state index contributed by atoms with van der Waals surface area (Å²) in [5.41, 5.74) is 0. The average Bonchev–Trinajstić information content (AvgIpc) is 1.77. The second-order valence-electron chi connectivity index (χ2n) is 2.53. The molecule has 0 aromatic rings. The number of hydrogen-bond donors (Lipinski definition) is 1. The lowest BCUT2D eigenvalue weighted by Crippen LogP contribution is -2.30. The van der Waals surface area contributed by atoms with Crippen LogP contribution in [0, 0.1) is 0 Å². The van der Waals surface area contributed by atoms with Crippen molar-refractivity contribution in [2.45, 2.75) is 18.1 Å². The van der Waals surface area contributed by atoms with Gasteiger partial charge in [0.25, 0.3) is 0 Å². The lowest BCUT2D eigenvalue weighted by molar-refractivity contribution is 0.282. The molecule has 0 aromatic carbocycles. The van der Waals surface area contributed by atoms with E-state index in [-0.39, 0.29) is 0 Å². The molecule has 0 saturated carbocycles. The van der Waals surface area contributed by atoms with Crippen molar-refractivity contribution in [2.24, 2.45) is 0 Å². The van der Waals surface area contributed by atoms with Crippen molar-refractivity contribution in [3.63, 3.8) is 0 Å². The van der Waals surface area contributed by atoms with Gasteiger partial charge in [-0.05, 0) is 33.0 Å². The second kappa shape index (κ2) is 2.74. The van der Waals surface area contributed by atoms with Crippen LogP contribution in [0.15, 0.2) is 0 Å². The van der Waals surface area contributed by atoms with Gasteiger partial charge in [0, 0.05) is 5.25 Å². The Balaban J connectivity index is 2.19. The molecular weight excluding hydrogens is 118 g/mol. The molecule has 0 aromatic heterocycles. The first-order chi connectivity index (χ1) is 3.79. The largest absolute Gasteiger partial charge is 0.306 e. The van der Waals surface area contributed by atoms with Crippen LogP contribution in [0.2, 0.25) is 0 Å². The molecule has 2 heteroatoms. The average molecular weight is 131 g/mol. The van der Waals surface area contributed by atoms with E-state index in [0.717, 1.165) is 0 Å². The molecule has 0 unspecified atom stereocenters. The van der Waals surface area contributed by atoms with Crippen LogP contribution in [0.3, 0.4) is 0 Å². The van der Waals surface area contributed by atoms with E-state index in [9.17, 15) is 0 Å². The minimum absolute atomic E-state index is 0.672. The molecule has 0 amide bonds. The molecule has 0 spiro atoms. The first-order valence-corrected chi connectivity index (χ1v) is 3.67. The lowest BCUT2D eigenvalue weighted by atomic mass is 10.1. The summed E-state index contributed by atoms with van der Waals surface area (Å²) in [5, 5.41) is 0.672. The molecule has 1 aliphatic heterocycles. The minimum atomic E-state index is 0.672. The zero-order valence-electron chi connectivity index (χ0n) is 5.30. The molecule has 8 heavy (non-hydrogen) atoms. The summed E-state index contributed by atoms with van der Waals surface area (Å²) in [7, 11) is 2.17. The summed E-state index contributed by atoms with van der Waals surface area (Å²) in [6, 6.07) is 0. The molecule has 0 bridgehead atoms. The maximum atomic E-state index is 4.38. The van der Waals surface area contributed by atoms with E-state index in [1.807, 2.05) is 0 Å². The van der Waals surface area contributed by atoms with Gasteiger partial charge >= 0.3 is 0 Å². The van der Waals surface area contributed by atoms with Crippen molar-refractivity contribution < 1.29 is 0 Å². The van der Waals surface area contributed by atoms with Crippen LogP contribution in [-0.2, 0) is 0 Å². The Bertz CT molecular complexity index is 56.9. The smallest absolute Gasteiger partial charge is 0.00411 e. The van der Waals surface area contributed by atoms with Gasteiger partial charge in [-0.3, -0.25) is 0 Å². The Kier molecular flexibility index (Phi) is 2.20. The van der Waals surface area contributed by atoms with Gasteiger partial charge in [0.2, 0.25) is 0 Å². The molecule has 1 heterocycles. The number of hydrogen-bond acceptors (Lipinski definition) is 2. The third kappa shape index (κ3) is 1.67. The van der Waals surface area contributed by atoms with Gasteiger partial charge in [-0.25, -0.2) is 0 Å². The van der Waals surface area contributed by atoms with E-state index in [2.05, 4.69) is 24.6 Å². The van der Waals surface area contributed by atoms with E-state index in [0.29, 0.717) is 5.25 Å². The quantitative estimate of drug-likeness (QED) is 0.480. The Morgan fingerprint density at radius 1 is 1.38 bits per heavy atom. The fourth-order valence-electron chi connectivity index (χ4n) is 0.995. The molecule has 1 fully saturated rings. The van der Waals surface area contributed by atoms with Gasteiger partial charge in [0.15, 0.2) is 0 Å². The van der Waals surface area contributed by atoms with Crippen molar-refractivity contribution in [1.82, 2.24) is 4.90 Å². The van der Waals surface area contributed by atoms with Gasteiger partial charge in [0.1, 0.15) is 0 Å². The zero-order valence-corrected chi connectivity index (χ0v) is 6.19. The highest BCUT2D eigenvalue weighted by Gasteiger charge is 2.11. The van der Waals surface area contributed by atoms with Crippen LogP contribution in [0.4, 0.5) is 0 Å². The number of piperidine rings is 1. The maximum Gasteiger partial charge on any atom is 0.00411 e. The lowest BCUT2D eigenvalue weighted by Gasteiger charge is -2.25. The van der Waals surface area contributed by atoms with E-state index in [1.54, 1.807) is 0 Å². The van der Waals surface area contributed by atoms with Crippen molar-refractivity contribution in [3.8, 4) is 0 Å². The third-order valence-corrected chi connectivity index (χ3v) is 2.20. The molecule has 0 radical (unpaired) electrons. The first-order valence-electron chi connectivity index (χ1n) is 3.15. The van der Waals surface area contributed by atoms with Crippen molar-refractivity contribution >= 4 is 12.6 Å². The molecule has 0 atom stereocenters. The molecule has 1 nitrogen and oxygen atoms in total. The summed E-state index contributed by atoms with van der Waals surface area (Å²) < 4.78 is 0. The summed E-state index contributed by atoms with van der Waals surface area (Å²) in [6.07, 6.45) is 2.53. The molecule has 0 N–H and O–H groups in total. The standard InChI is InChI=1S/C6H13NS/c1-7-4-2-6(8)3-5-7/h6,8H,2-5H2,1H3. The van der Waals surface area contributed by atoms with Crippen LogP contribution in [0.5, 0.6) is 0 Å². The van der Waals surface area contributed by atoms with Gasteiger partial charge in [-0.15, -0.1) is 0 Å². The van der Waals surface area contributed by atoms with Gasteiger partial charge in [-0.2, -0.15) is 12.6 Å². The normalized spacial score (nSPS) is 26.2. The van der Waals surface area contributed by atoms with E-state index < -0.39 is 0 Å². The van der Waals surface area contributed by atoms with Crippen LogP contribution < -0.4 is 0 Å².